The quantitative estimate of drug-likeness (QED) is 0.672. The Balaban J connectivity index is 0.00000169. The highest BCUT2D eigenvalue weighted by Gasteiger charge is 2.34. The molecule has 1 heterocycles. The average Bonchev–Trinajstić information content (AvgIpc) is 3.11. The molecule has 2 aromatic rings. The van der Waals surface area contributed by atoms with Gasteiger partial charge in [-0.15, -0.1) is 0 Å². The van der Waals surface area contributed by atoms with E-state index in [1.807, 2.05) is 6.07 Å². The lowest BCUT2D eigenvalue weighted by atomic mass is 9.78. The molecule has 3 heteroatoms. The fraction of sp³-hybridized carbons (Fsp3) is 0.381. The summed E-state index contributed by atoms with van der Waals surface area (Å²) in [4.78, 5) is 0. The van der Waals surface area contributed by atoms with Gasteiger partial charge in [0.15, 0.2) is 5.71 Å². The summed E-state index contributed by atoms with van der Waals surface area (Å²) in [6, 6.07) is 17.3. The highest BCUT2D eigenvalue weighted by molar-refractivity contribution is 6.31. The maximum atomic E-state index is 6.49. The third-order valence-electron chi connectivity index (χ3n) is 5.36. The van der Waals surface area contributed by atoms with Crippen molar-refractivity contribution >= 4 is 17.3 Å². The van der Waals surface area contributed by atoms with Crippen molar-refractivity contribution in [3.8, 4) is 0 Å². The summed E-state index contributed by atoms with van der Waals surface area (Å²) in [5.74, 6) is 0.484. The largest absolute Gasteiger partial charge is 1.00 e. The van der Waals surface area contributed by atoms with Gasteiger partial charge in [-0.25, -0.2) is 4.58 Å². The first-order valence-electron chi connectivity index (χ1n) is 8.75. The molecule has 1 unspecified atom stereocenters. The lowest BCUT2D eigenvalue weighted by Crippen LogP contribution is -3.00. The molecule has 1 nitrogen and oxygen atoms in total. The molecule has 0 N–H and O–H groups in total. The van der Waals surface area contributed by atoms with E-state index in [1.165, 1.54) is 42.6 Å². The molecular weight excluding hydrogens is 382 g/mol. The second kappa shape index (κ2) is 7.84. The Morgan fingerprint density at radius 2 is 1.67 bits per heavy atom. The van der Waals surface area contributed by atoms with Crippen LogP contribution in [0.4, 0.5) is 0 Å². The average molecular weight is 405 g/mol. The maximum Gasteiger partial charge on any atom is 0.160 e. The number of hydrogen-bond donors (Lipinski definition) is 0. The van der Waals surface area contributed by atoms with Gasteiger partial charge in [0.1, 0.15) is 13.1 Å². The smallest absolute Gasteiger partial charge is 0.160 e. The van der Waals surface area contributed by atoms with Crippen LogP contribution in [0, 0.1) is 0 Å². The minimum absolute atomic E-state index is 0. The molecule has 1 saturated heterocycles. The summed E-state index contributed by atoms with van der Waals surface area (Å²) in [6.07, 6.45) is 6.01. The van der Waals surface area contributed by atoms with Crippen molar-refractivity contribution in [1.29, 1.82) is 0 Å². The monoisotopic (exact) mass is 403 g/mol. The van der Waals surface area contributed by atoms with E-state index >= 15 is 0 Å². The van der Waals surface area contributed by atoms with E-state index in [-0.39, 0.29) is 17.0 Å². The molecule has 1 aliphatic carbocycles. The van der Waals surface area contributed by atoms with Crippen molar-refractivity contribution < 1.29 is 21.6 Å². The Kier molecular flexibility index (Phi) is 5.78. The first kappa shape index (κ1) is 17.7. The van der Waals surface area contributed by atoms with Gasteiger partial charge in [0.25, 0.3) is 0 Å². The van der Waals surface area contributed by atoms with Crippen molar-refractivity contribution in [1.82, 2.24) is 0 Å². The number of benzene rings is 2. The summed E-state index contributed by atoms with van der Waals surface area (Å²) in [7, 11) is 0. The molecule has 0 aromatic heterocycles. The van der Waals surface area contributed by atoms with Crippen LogP contribution in [0.25, 0.3) is 0 Å². The fourth-order valence-corrected chi connectivity index (χ4v) is 4.51. The minimum Gasteiger partial charge on any atom is -1.00 e. The van der Waals surface area contributed by atoms with Crippen LogP contribution in [0.2, 0.25) is 5.02 Å². The van der Waals surface area contributed by atoms with Crippen molar-refractivity contribution in [3.63, 3.8) is 0 Å². The highest BCUT2D eigenvalue weighted by Crippen LogP contribution is 2.36. The number of nitrogens with zero attached hydrogens (tertiary/aromatic N) is 1. The molecular formula is C21H23BrClN. The molecule has 1 aliphatic heterocycles. The van der Waals surface area contributed by atoms with Gasteiger partial charge in [-0.3, -0.25) is 0 Å². The zero-order valence-corrected chi connectivity index (χ0v) is 16.2. The second-order valence-corrected chi connectivity index (χ2v) is 7.14. The first-order chi connectivity index (χ1) is 11.3. The van der Waals surface area contributed by atoms with E-state index in [0.29, 0.717) is 5.92 Å². The summed E-state index contributed by atoms with van der Waals surface area (Å²) < 4.78 is 2.65. The van der Waals surface area contributed by atoms with E-state index in [4.69, 9.17) is 11.6 Å². The molecule has 1 atom stereocenters. The Labute approximate surface area is 160 Å². The van der Waals surface area contributed by atoms with Crippen molar-refractivity contribution in [2.75, 3.05) is 13.1 Å². The predicted molar refractivity (Wildman–Crippen MR) is 96.9 cm³/mol. The van der Waals surface area contributed by atoms with E-state index in [2.05, 4.69) is 47.0 Å². The van der Waals surface area contributed by atoms with Gasteiger partial charge >= 0.3 is 0 Å². The second-order valence-electron chi connectivity index (χ2n) is 6.74. The Morgan fingerprint density at radius 1 is 0.917 bits per heavy atom. The van der Waals surface area contributed by atoms with E-state index in [1.54, 1.807) is 5.71 Å². The van der Waals surface area contributed by atoms with Crippen LogP contribution in [0.15, 0.2) is 48.5 Å². The summed E-state index contributed by atoms with van der Waals surface area (Å²) >= 11 is 6.49. The molecule has 4 rings (SSSR count). The topological polar surface area (TPSA) is 3.01 Å². The number of fused-ring (bicyclic) bond motifs is 1. The molecule has 0 saturated carbocycles. The Bertz CT molecular complexity index is 731. The molecule has 0 amide bonds. The zero-order chi connectivity index (χ0) is 15.6. The van der Waals surface area contributed by atoms with Crippen LogP contribution in [-0.4, -0.2) is 23.4 Å². The van der Waals surface area contributed by atoms with E-state index < -0.39 is 0 Å². The Morgan fingerprint density at radius 3 is 2.42 bits per heavy atom. The van der Waals surface area contributed by atoms with Crippen molar-refractivity contribution in [3.05, 3.63) is 70.2 Å². The number of hydrogen-bond acceptors (Lipinski definition) is 0. The van der Waals surface area contributed by atoms with E-state index in [9.17, 15) is 0 Å². The lowest BCUT2D eigenvalue weighted by Gasteiger charge is -2.27. The molecule has 1 fully saturated rings. The standard InChI is InChI=1S/C21H23ClN.BrH/c22-20-10-6-9-17-18(20)11-12-21(23-13-4-5-14-23)19(17)15-16-7-2-1-3-8-16;/h1-3,6-10,19H,4-5,11-15H2;1H/q+1;/p-1. The van der Waals surface area contributed by atoms with Gasteiger partial charge in [0.05, 0.1) is 5.92 Å². The molecule has 24 heavy (non-hydrogen) atoms. The van der Waals surface area contributed by atoms with Gasteiger partial charge in [0.2, 0.25) is 0 Å². The first-order valence-corrected chi connectivity index (χ1v) is 9.12. The SMILES string of the molecule is Clc1cccc2c1CCC(=[N+]1CCCC1)C2Cc1ccccc1.[Br-]. The molecule has 0 radical (unpaired) electrons. The lowest BCUT2D eigenvalue weighted by molar-refractivity contribution is -0.509. The third kappa shape index (κ3) is 3.45. The molecule has 0 bridgehead atoms. The summed E-state index contributed by atoms with van der Waals surface area (Å²) in [6.45, 7) is 2.47. The normalized spacial score (nSPS) is 19.8. The number of rotatable bonds is 2. The van der Waals surface area contributed by atoms with Crippen molar-refractivity contribution in [2.45, 2.75) is 38.0 Å². The molecule has 2 aromatic carbocycles. The van der Waals surface area contributed by atoms with Gasteiger partial charge in [-0.1, -0.05) is 54.1 Å². The highest BCUT2D eigenvalue weighted by atomic mass is 79.9. The van der Waals surface area contributed by atoms with Crippen LogP contribution in [0.3, 0.4) is 0 Å². The summed E-state index contributed by atoms with van der Waals surface area (Å²) in [5.41, 5.74) is 5.88. The third-order valence-corrected chi connectivity index (χ3v) is 5.71. The predicted octanol–water partition coefficient (Wildman–Crippen LogP) is 1.86. The van der Waals surface area contributed by atoms with Gasteiger partial charge < -0.3 is 17.0 Å². The molecule has 0 spiro atoms. The minimum atomic E-state index is 0. The zero-order valence-electron chi connectivity index (χ0n) is 13.8. The van der Waals surface area contributed by atoms with Crippen molar-refractivity contribution in [2.24, 2.45) is 0 Å². The van der Waals surface area contributed by atoms with Crippen LogP contribution in [0.1, 0.15) is 41.9 Å². The molecule has 126 valence electrons. The van der Waals surface area contributed by atoms with Gasteiger partial charge in [0, 0.05) is 24.3 Å². The molecule has 2 aliphatic rings. The van der Waals surface area contributed by atoms with Gasteiger partial charge in [-0.05, 0) is 35.6 Å². The summed E-state index contributed by atoms with van der Waals surface area (Å²) in [5, 5.41) is 0.945. The van der Waals surface area contributed by atoms with Crippen LogP contribution >= 0.6 is 11.6 Å². The van der Waals surface area contributed by atoms with Crippen LogP contribution in [-0.2, 0) is 12.8 Å². The van der Waals surface area contributed by atoms with Crippen LogP contribution in [0.5, 0.6) is 0 Å². The van der Waals surface area contributed by atoms with E-state index in [0.717, 1.165) is 24.3 Å². The van der Waals surface area contributed by atoms with Gasteiger partial charge in [-0.2, -0.15) is 0 Å². The number of halogens is 2. The fourth-order valence-electron chi connectivity index (χ4n) is 4.23. The van der Waals surface area contributed by atoms with Crippen LogP contribution < -0.4 is 17.0 Å². The maximum absolute atomic E-state index is 6.49. The Hall–Kier alpha value is -1.12.